The van der Waals surface area contributed by atoms with Gasteiger partial charge in [-0.1, -0.05) is 6.07 Å². The summed E-state index contributed by atoms with van der Waals surface area (Å²) in [4.78, 5) is 23.4. The maximum absolute atomic E-state index is 12.4. The van der Waals surface area contributed by atoms with Gasteiger partial charge in [0.1, 0.15) is 17.2 Å². The Balaban J connectivity index is 2.23. The minimum absolute atomic E-state index is 0.00631. The molecule has 0 saturated heterocycles. The van der Waals surface area contributed by atoms with Crippen LogP contribution in [0.1, 0.15) is 15.9 Å². The van der Waals surface area contributed by atoms with Gasteiger partial charge >= 0.3 is 5.97 Å². The van der Waals surface area contributed by atoms with E-state index in [1.807, 2.05) is 0 Å². The van der Waals surface area contributed by atoms with Gasteiger partial charge in [-0.2, -0.15) is 0 Å². The fourth-order valence-corrected chi connectivity index (χ4v) is 2.35. The zero-order valence-corrected chi connectivity index (χ0v) is 14.2. The molecule has 2 N–H and O–H groups in total. The highest BCUT2D eigenvalue weighted by atomic mass is 16.5. The van der Waals surface area contributed by atoms with E-state index in [1.165, 1.54) is 33.5 Å². The van der Waals surface area contributed by atoms with Crippen molar-refractivity contribution in [2.24, 2.45) is 0 Å². The van der Waals surface area contributed by atoms with Crippen LogP contribution in [-0.2, 0) is 11.2 Å². The van der Waals surface area contributed by atoms with E-state index < -0.39 is 5.97 Å². The lowest BCUT2D eigenvalue weighted by Gasteiger charge is -2.15. The Kier molecular flexibility index (Phi) is 5.84. The molecule has 0 atom stereocenters. The minimum atomic E-state index is -1.06. The van der Waals surface area contributed by atoms with Crippen molar-refractivity contribution in [3.05, 3.63) is 47.5 Å². The number of methoxy groups -OCH3 is 3. The lowest BCUT2D eigenvalue weighted by Crippen LogP contribution is -2.16. The smallest absolute Gasteiger partial charge is 0.335 e. The third-order valence-electron chi connectivity index (χ3n) is 3.55. The molecule has 0 aliphatic rings. The van der Waals surface area contributed by atoms with Gasteiger partial charge in [0.15, 0.2) is 0 Å². The molecule has 25 heavy (non-hydrogen) atoms. The number of carboxylic acids is 1. The standard InChI is InChI=1S/C18H19NO6/c1-23-13-8-15(24-2)14(16(9-13)25-3)10-17(20)19-12-6-4-5-11(7-12)18(21)22/h4-9H,10H2,1-3H3,(H,19,20)(H,21,22). The number of carboxylic acid groups (broad SMARTS) is 1. The van der Waals surface area contributed by atoms with Crippen molar-refractivity contribution in [2.75, 3.05) is 26.6 Å². The third kappa shape index (κ3) is 4.41. The summed E-state index contributed by atoms with van der Waals surface area (Å²) in [6.45, 7) is 0. The van der Waals surface area contributed by atoms with E-state index in [2.05, 4.69) is 5.32 Å². The van der Waals surface area contributed by atoms with Gasteiger partial charge in [0, 0.05) is 23.4 Å². The first-order valence-corrected chi connectivity index (χ1v) is 7.40. The first-order valence-electron chi connectivity index (χ1n) is 7.40. The second kappa shape index (κ2) is 8.05. The molecule has 0 aliphatic carbocycles. The number of hydrogen-bond acceptors (Lipinski definition) is 5. The molecule has 7 nitrogen and oxygen atoms in total. The molecule has 2 rings (SSSR count). The number of hydrogen-bond donors (Lipinski definition) is 2. The van der Waals surface area contributed by atoms with Crippen molar-refractivity contribution in [3.63, 3.8) is 0 Å². The van der Waals surface area contributed by atoms with Crippen LogP contribution < -0.4 is 19.5 Å². The number of aromatic carboxylic acids is 1. The van der Waals surface area contributed by atoms with Crippen LogP contribution in [-0.4, -0.2) is 38.3 Å². The second-order valence-corrected chi connectivity index (χ2v) is 5.12. The highest BCUT2D eigenvalue weighted by Crippen LogP contribution is 2.34. The van der Waals surface area contributed by atoms with E-state index in [4.69, 9.17) is 19.3 Å². The van der Waals surface area contributed by atoms with E-state index in [-0.39, 0.29) is 17.9 Å². The predicted molar refractivity (Wildman–Crippen MR) is 91.8 cm³/mol. The number of anilines is 1. The summed E-state index contributed by atoms with van der Waals surface area (Å²) in [7, 11) is 4.51. The van der Waals surface area contributed by atoms with Gasteiger partial charge < -0.3 is 24.6 Å². The van der Waals surface area contributed by atoms with Crippen LogP contribution in [0, 0.1) is 0 Å². The molecule has 0 unspecified atom stereocenters. The van der Waals surface area contributed by atoms with Gasteiger partial charge in [0.05, 0.1) is 33.3 Å². The molecule has 0 saturated carbocycles. The van der Waals surface area contributed by atoms with E-state index >= 15 is 0 Å². The Morgan fingerprint density at radius 3 is 2.16 bits per heavy atom. The number of carbonyl (C=O) groups excluding carboxylic acids is 1. The normalized spacial score (nSPS) is 10.0. The van der Waals surface area contributed by atoms with E-state index in [0.717, 1.165) is 0 Å². The highest BCUT2D eigenvalue weighted by molar-refractivity contribution is 5.95. The van der Waals surface area contributed by atoms with Crippen LogP contribution in [0.5, 0.6) is 17.2 Å². The number of benzene rings is 2. The molecule has 0 heterocycles. The van der Waals surface area contributed by atoms with E-state index in [9.17, 15) is 9.59 Å². The summed E-state index contributed by atoms with van der Waals surface area (Å²) in [6.07, 6.45) is -0.00631. The molecule has 0 spiro atoms. The molecule has 2 aromatic rings. The Morgan fingerprint density at radius 1 is 1.00 bits per heavy atom. The first kappa shape index (κ1) is 18.1. The van der Waals surface area contributed by atoms with Crippen molar-refractivity contribution in [3.8, 4) is 17.2 Å². The average Bonchev–Trinajstić information content (AvgIpc) is 2.61. The molecule has 0 fully saturated rings. The molecule has 0 bridgehead atoms. The van der Waals surface area contributed by atoms with Gasteiger partial charge in [-0.05, 0) is 18.2 Å². The van der Waals surface area contributed by atoms with Gasteiger partial charge in [-0.15, -0.1) is 0 Å². The monoisotopic (exact) mass is 345 g/mol. The highest BCUT2D eigenvalue weighted by Gasteiger charge is 2.17. The average molecular weight is 345 g/mol. The van der Waals surface area contributed by atoms with Crippen molar-refractivity contribution in [1.29, 1.82) is 0 Å². The fraction of sp³-hybridized carbons (Fsp3) is 0.222. The summed E-state index contributed by atoms with van der Waals surface area (Å²) in [5.74, 6) is 0.0854. The fourth-order valence-electron chi connectivity index (χ4n) is 2.35. The number of rotatable bonds is 7. The van der Waals surface area contributed by atoms with Gasteiger partial charge in [-0.25, -0.2) is 4.79 Å². The number of amides is 1. The molecular formula is C18H19NO6. The molecule has 0 aromatic heterocycles. The quantitative estimate of drug-likeness (QED) is 0.801. The lowest BCUT2D eigenvalue weighted by atomic mass is 10.1. The van der Waals surface area contributed by atoms with Crippen molar-refractivity contribution in [1.82, 2.24) is 0 Å². The molecule has 7 heteroatoms. The summed E-state index contributed by atoms with van der Waals surface area (Å²) >= 11 is 0. The van der Waals surface area contributed by atoms with Crippen LogP contribution in [0.2, 0.25) is 0 Å². The Labute approximate surface area is 145 Å². The molecule has 2 aromatic carbocycles. The maximum Gasteiger partial charge on any atom is 0.335 e. The molecular weight excluding hydrogens is 326 g/mol. The SMILES string of the molecule is COc1cc(OC)c(CC(=O)Nc2cccc(C(=O)O)c2)c(OC)c1. The van der Waals surface area contributed by atoms with E-state index in [0.29, 0.717) is 28.5 Å². The molecule has 0 radical (unpaired) electrons. The lowest BCUT2D eigenvalue weighted by molar-refractivity contribution is -0.115. The number of ether oxygens (including phenoxy) is 3. The zero-order valence-electron chi connectivity index (χ0n) is 14.2. The van der Waals surface area contributed by atoms with Crippen LogP contribution >= 0.6 is 0 Å². The molecule has 1 amide bonds. The number of carbonyl (C=O) groups is 2. The minimum Gasteiger partial charge on any atom is -0.496 e. The van der Waals surface area contributed by atoms with Gasteiger partial charge in [0.25, 0.3) is 0 Å². The molecule has 0 aliphatic heterocycles. The second-order valence-electron chi connectivity index (χ2n) is 5.12. The predicted octanol–water partition coefficient (Wildman–Crippen LogP) is 2.59. The Hall–Kier alpha value is -3.22. The van der Waals surface area contributed by atoms with Crippen LogP contribution in [0.4, 0.5) is 5.69 Å². The van der Waals surface area contributed by atoms with Crippen molar-refractivity contribution < 1.29 is 28.9 Å². The summed E-state index contributed by atoms with van der Waals surface area (Å²) in [6, 6.07) is 9.35. The summed E-state index contributed by atoms with van der Waals surface area (Å²) in [5.41, 5.74) is 1.06. The third-order valence-corrected chi connectivity index (χ3v) is 3.55. The van der Waals surface area contributed by atoms with Gasteiger partial charge in [0.2, 0.25) is 5.91 Å². The Morgan fingerprint density at radius 2 is 1.64 bits per heavy atom. The zero-order chi connectivity index (χ0) is 18.4. The summed E-state index contributed by atoms with van der Waals surface area (Å²) in [5, 5.41) is 11.7. The van der Waals surface area contributed by atoms with E-state index in [1.54, 1.807) is 24.3 Å². The van der Waals surface area contributed by atoms with Crippen molar-refractivity contribution >= 4 is 17.6 Å². The summed E-state index contributed by atoms with van der Waals surface area (Å²) < 4.78 is 15.8. The van der Waals surface area contributed by atoms with Crippen LogP contribution in [0.25, 0.3) is 0 Å². The molecule has 132 valence electrons. The topological polar surface area (TPSA) is 94.1 Å². The van der Waals surface area contributed by atoms with Crippen LogP contribution in [0.15, 0.2) is 36.4 Å². The first-order chi connectivity index (χ1) is 12.0. The van der Waals surface area contributed by atoms with Crippen LogP contribution in [0.3, 0.4) is 0 Å². The van der Waals surface area contributed by atoms with Gasteiger partial charge in [-0.3, -0.25) is 4.79 Å². The largest absolute Gasteiger partial charge is 0.496 e. The number of nitrogens with one attached hydrogen (secondary N) is 1. The van der Waals surface area contributed by atoms with Crippen molar-refractivity contribution in [2.45, 2.75) is 6.42 Å². The maximum atomic E-state index is 12.4. The Bertz CT molecular complexity index is 762.